The van der Waals surface area contributed by atoms with Gasteiger partial charge in [0.1, 0.15) is 0 Å². The van der Waals surface area contributed by atoms with Gasteiger partial charge in [-0.3, -0.25) is 4.90 Å². The summed E-state index contributed by atoms with van der Waals surface area (Å²) in [5.74, 6) is 0.825. The summed E-state index contributed by atoms with van der Waals surface area (Å²) < 4.78 is 1.87. The van der Waals surface area contributed by atoms with Gasteiger partial charge in [0.25, 0.3) is 0 Å². The number of tetrazole rings is 1. The smallest absolute Gasteiger partial charge is 0.173 e. The Bertz CT molecular complexity index is 911. The van der Waals surface area contributed by atoms with Crippen LogP contribution in [0.25, 0.3) is 0 Å². The molecule has 1 aromatic heterocycles. The molecule has 6 nitrogen and oxygen atoms in total. The van der Waals surface area contributed by atoms with Gasteiger partial charge >= 0.3 is 0 Å². The van der Waals surface area contributed by atoms with Crippen molar-refractivity contribution in [3.63, 3.8) is 0 Å². The molecular formula is C20H20ClN6-. The van der Waals surface area contributed by atoms with Crippen LogP contribution in [0.5, 0.6) is 0 Å². The van der Waals surface area contributed by atoms with E-state index in [2.05, 4.69) is 44.7 Å². The molecule has 1 saturated heterocycles. The van der Waals surface area contributed by atoms with E-state index < -0.39 is 0 Å². The summed E-state index contributed by atoms with van der Waals surface area (Å²) in [6.45, 7) is 2.66. The Kier molecular flexibility index (Phi) is 6.17. The maximum atomic E-state index is 9.28. The summed E-state index contributed by atoms with van der Waals surface area (Å²) in [4.78, 5) is 2.41. The van der Waals surface area contributed by atoms with Crippen molar-refractivity contribution in [2.75, 3.05) is 13.1 Å². The predicted octanol–water partition coefficient (Wildman–Crippen LogP) is -0.218. The molecule has 1 aliphatic rings. The average molecular weight is 380 g/mol. The SMILES string of the molecule is N#Cc1cccc(C(c2nnnn2Cc2ccccc2)N2CCCC2)c1.[Cl-]. The molecule has 0 aliphatic carbocycles. The van der Waals surface area contributed by atoms with Crippen LogP contribution in [0.2, 0.25) is 0 Å². The summed E-state index contributed by atoms with van der Waals surface area (Å²) in [7, 11) is 0. The van der Waals surface area contributed by atoms with Gasteiger partial charge in [0.2, 0.25) is 0 Å². The molecule has 7 heteroatoms. The molecule has 0 amide bonds. The lowest BCUT2D eigenvalue weighted by atomic mass is 10.0. The zero-order valence-corrected chi connectivity index (χ0v) is 15.6. The number of likely N-dealkylation sites (tertiary alicyclic amines) is 1. The number of benzene rings is 2. The first-order chi connectivity index (χ1) is 12.8. The molecule has 2 aromatic carbocycles. The number of hydrogen-bond donors (Lipinski definition) is 0. The van der Waals surface area contributed by atoms with Crippen molar-refractivity contribution in [1.29, 1.82) is 5.26 Å². The molecule has 2 heterocycles. The molecule has 3 aromatic rings. The molecule has 0 bridgehead atoms. The van der Waals surface area contributed by atoms with Crippen LogP contribution in [-0.2, 0) is 6.54 Å². The lowest BCUT2D eigenvalue weighted by molar-refractivity contribution is -0.00000563. The second-order valence-electron chi connectivity index (χ2n) is 6.56. The highest BCUT2D eigenvalue weighted by Crippen LogP contribution is 2.30. The standard InChI is InChI=1S/C20H20N6.ClH/c21-14-17-9-6-10-18(13-17)19(25-11-4-5-12-25)20-22-23-24-26(20)15-16-7-2-1-3-8-16;/h1-3,6-10,13,19H,4-5,11-12,15H2;1H/p-1. The molecule has 138 valence electrons. The van der Waals surface area contributed by atoms with E-state index in [1.165, 1.54) is 12.8 Å². The number of nitriles is 1. The van der Waals surface area contributed by atoms with Crippen LogP contribution in [0.15, 0.2) is 54.6 Å². The Morgan fingerprint density at radius 1 is 1.04 bits per heavy atom. The molecule has 1 fully saturated rings. The fraction of sp³-hybridized carbons (Fsp3) is 0.300. The molecule has 27 heavy (non-hydrogen) atoms. The highest BCUT2D eigenvalue weighted by atomic mass is 35.5. The Morgan fingerprint density at radius 3 is 2.56 bits per heavy atom. The Labute approximate surface area is 164 Å². The summed E-state index contributed by atoms with van der Waals surface area (Å²) >= 11 is 0. The van der Waals surface area contributed by atoms with Crippen molar-refractivity contribution in [2.24, 2.45) is 0 Å². The van der Waals surface area contributed by atoms with Crippen LogP contribution in [0, 0.1) is 11.3 Å². The molecule has 1 atom stereocenters. The molecule has 0 spiro atoms. The van der Waals surface area contributed by atoms with E-state index in [9.17, 15) is 5.26 Å². The predicted molar refractivity (Wildman–Crippen MR) is 97.2 cm³/mol. The van der Waals surface area contributed by atoms with E-state index >= 15 is 0 Å². The van der Waals surface area contributed by atoms with Crippen LogP contribution < -0.4 is 12.4 Å². The van der Waals surface area contributed by atoms with Crippen molar-refractivity contribution in [3.8, 4) is 6.07 Å². The highest BCUT2D eigenvalue weighted by molar-refractivity contribution is 5.36. The van der Waals surface area contributed by atoms with E-state index in [1.54, 1.807) is 0 Å². The van der Waals surface area contributed by atoms with Gasteiger partial charge in [0.05, 0.1) is 24.2 Å². The fourth-order valence-corrected chi connectivity index (χ4v) is 3.58. The number of nitrogens with zero attached hydrogens (tertiary/aromatic N) is 6. The van der Waals surface area contributed by atoms with Gasteiger partial charge in [-0.1, -0.05) is 42.5 Å². The molecule has 0 saturated carbocycles. The third-order valence-corrected chi connectivity index (χ3v) is 4.82. The topological polar surface area (TPSA) is 70.6 Å². The molecular weight excluding hydrogens is 360 g/mol. The summed E-state index contributed by atoms with van der Waals surface area (Å²) in [5.41, 5.74) is 2.89. The molecule has 1 unspecified atom stereocenters. The lowest BCUT2D eigenvalue weighted by Gasteiger charge is -2.27. The zero-order chi connectivity index (χ0) is 17.8. The number of rotatable bonds is 5. The third-order valence-electron chi connectivity index (χ3n) is 4.82. The van der Waals surface area contributed by atoms with Gasteiger partial charge in [-0.15, -0.1) is 5.10 Å². The van der Waals surface area contributed by atoms with Crippen LogP contribution in [0.4, 0.5) is 0 Å². The lowest BCUT2D eigenvalue weighted by Crippen LogP contribution is -3.00. The van der Waals surface area contributed by atoms with Gasteiger partial charge in [-0.2, -0.15) is 5.26 Å². The van der Waals surface area contributed by atoms with E-state index in [0.717, 1.165) is 30.0 Å². The van der Waals surface area contributed by atoms with Crippen molar-refractivity contribution < 1.29 is 12.4 Å². The van der Waals surface area contributed by atoms with Gasteiger partial charge in [0, 0.05) is 0 Å². The first kappa shape index (κ1) is 19.0. The normalized spacial score (nSPS) is 15.1. The second kappa shape index (κ2) is 8.76. The average Bonchev–Trinajstić information content (AvgIpc) is 3.36. The monoisotopic (exact) mass is 379 g/mol. The Morgan fingerprint density at radius 2 is 1.81 bits per heavy atom. The minimum atomic E-state index is -0.0375. The molecule has 4 rings (SSSR count). The molecule has 1 aliphatic heterocycles. The maximum absolute atomic E-state index is 9.28. The van der Waals surface area contributed by atoms with Crippen LogP contribution in [0.3, 0.4) is 0 Å². The minimum absolute atomic E-state index is 0. The summed E-state index contributed by atoms with van der Waals surface area (Å²) in [5, 5.41) is 21.8. The Balaban J connectivity index is 0.00000210. The van der Waals surface area contributed by atoms with Crippen molar-refractivity contribution >= 4 is 0 Å². The minimum Gasteiger partial charge on any atom is -1.00 e. The highest BCUT2D eigenvalue weighted by Gasteiger charge is 2.30. The van der Waals surface area contributed by atoms with Gasteiger partial charge in [-0.05, 0) is 59.6 Å². The van der Waals surface area contributed by atoms with Gasteiger partial charge < -0.3 is 12.4 Å². The number of aromatic nitrogens is 4. The van der Waals surface area contributed by atoms with Crippen molar-refractivity contribution in [1.82, 2.24) is 25.1 Å². The van der Waals surface area contributed by atoms with E-state index in [-0.39, 0.29) is 18.4 Å². The van der Waals surface area contributed by atoms with E-state index in [4.69, 9.17) is 0 Å². The first-order valence-electron chi connectivity index (χ1n) is 8.89. The van der Waals surface area contributed by atoms with Crippen molar-refractivity contribution in [2.45, 2.75) is 25.4 Å². The van der Waals surface area contributed by atoms with Gasteiger partial charge in [-0.25, -0.2) is 4.68 Å². The van der Waals surface area contributed by atoms with Crippen LogP contribution in [0.1, 0.15) is 41.4 Å². The summed E-state index contributed by atoms with van der Waals surface area (Å²) in [6.07, 6.45) is 2.35. The van der Waals surface area contributed by atoms with E-state index in [0.29, 0.717) is 12.1 Å². The number of hydrogen-bond acceptors (Lipinski definition) is 5. The summed E-state index contributed by atoms with van der Waals surface area (Å²) in [6, 6.07) is 20.2. The Hall–Kier alpha value is -2.75. The fourth-order valence-electron chi connectivity index (χ4n) is 3.58. The zero-order valence-electron chi connectivity index (χ0n) is 14.9. The molecule has 0 radical (unpaired) electrons. The largest absolute Gasteiger partial charge is 1.00 e. The first-order valence-corrected chi connectivity index (χ1v) is 8.89. The second-order valence-corrected chi connectivity index (χ2v) is 6.56. The van der Waals surface area contributed by atoms with Crippen LogP contribution in [-0.4, -0.2) is 38.2 Å². The molecule has 0 N–H and O–H groups in total. The maximum Gasteiger partial charge on any atom is 0.173 e. The number of halogens is 1. The van der Waals surface area contributed by atoms with Crippen LogP contribution >= 0.6 is 0 Å². The van der Waals surface area contributed by atoms with Crippen molar-refractivity contribution in [3.05, 3.63) is 77.1 Å². The quantitative estimate of drug-likeness (QED) is 0.613. The van der Waals surface area contributed by atoms with E-state index in [1.807, 2.05) is 41.1 Å². The van der Waals surface area contributed by atoms with Gasteiger partial charge in [0.15, 0.2) is 5.82 Å². The third kappa shape index (κ3) is 4.16.